The lowest BCUT2D eigenvalue weighted by atomic mass is 10.1. The fourth-order valence-corrected chi connectivity index (χ4v) is 3.24. The molecule has 0 saturated carbocycles. The van der Waals surface area contributed by atoms with Crippen LogP contribution in [-0.4, -0.2) is 51.2 Å². The molecule has 1 aliphatic rings. The van der Waals surface area contributed by atoms with Crippen molar-refractivity contribution in [2.24, 2.45) is 0 Å². The van der Waals surface area contributed by atoms with Crippen molar-refractivity contribution in [1.29, 1.82) is 0 Å². The van der Waals surface area contributed by atoms with Crippen LogP contribution in [0.15, 0.2) is 48.5 Å². The molecule has 0 aromatic heterocycles. The van der Waals surface area contributed by atoms with Gasteiger partial charge in [-0.1, -0.05) is 17.7 Å². The van der Waals surface area contributed by atoms with Crippen molar-refractivity contribution in [2.45, 2.75) is 0 Å². The Bertz CT molecular complexity index is 808. The van der Waals surface area contributed by atoms with Gasteiger partial charge in [0.1, 0.15) is 11.5 Å². The molecule has 1 saturated heterocycles. The van der Waals surface area contributed by atoms with Crippen LogP contribution in [0.5, 0.6) is 11.5 Å². The second kappa shape index (κ2) is 8.82. The molecule has 27 heavy (non-hydrogen) atoms. The van der Waals surface area contributed by atoms with Crippen molar-refractivity contribution < 1.29 is 14.3 Å². The minimum Gasteiger partial charge on any atom is -0.497 e. The number of hydrogen-bond acceptors (Lipinski definition) is 4. The number of rotatable bonds is 5. The molecule has 0 atom stereocenters. The summed E-state index contributed by atoms with van der Waals surface area (Å²) in [4.78, 5) is 16.6. The number of methoxy groups -OCH3 is 2. The van der Waals surface area contributed by atoms with E-state index in [1.54, 1.807) is 32.4 Å². The zero-order valence-corrected chi connectivity index (χ0v) is 16.3. The second-order valence-corrected chi connectivity index (χ2v) is 6.71. The second-order valence-electron chi connectivity index (χ2n) is 6.27. The number of anilines is 1. The van der Waals surface area contributed by atoms with Gasteiger partial charge in [-0.2, -0.15) is 0 Å². The van der Waals surface area contributed by atoms with E-state index in [4.69, 9.17) is 21.1 Å². The van der Waals surface area contributed by atoms with Gasteiger partial charge in [0.25, 0.3) is 0 Å². The molecule has 3 rings (SSSR count). The first-order chi connectivity index (χ1) is 13.1. The van der Waals surface area contributed by atoms with Crippen molar-refractivity contribution >= 4 is 29.3 Å². The fourth-order valence-electron chi connectivity index (χ4n) is 3.06. The van der Waals surface area contributed by atoms with Crippen LogP contribution in [0.1, 0.15) is 5.56 Å². The molecule has 5 nitrogen and oxygen atoms in total. The summed E-state index contributed by atoms with van der Waals surface area (Å²) >= 11 is 6.07. The predicted molar refractivity (Wildman–Crippen MR) is 109 cm³/mol. The maximum absolute atomic E-state index is 12.5. The molecule has 2 aromatic carbocycles. The Morgan fingerprint density at radius 3 is 2.26 bits per heavy atom. The summed E-state index contributed by atoms with van der Waals surface area (Å²) in [5.74, 6) is 1.38. The maximum atomic E-state index is 12.5. The van der Waals surface area contributed by atoms with E-state index in [9.17, 15) is 4.79 Å². The van der Waals surface area contributed by atoms with Crippen LogP contribution in [0.2, 0.25) is 5.02 Å². The largest absolute Gasteiger partial charge is 0.497 e. The Balaban J connectivity index is 1.60. The van der Waals surface area contributed by atoms with Crippen LogP contribution in [-0.2, 0) is 4.79 Å². The molecule has 0 radical (unpaired) electrons. The van der Waals surface area contributed by atoms with Gasteiger partial charge in [-0.3, -0.25) is 4.79 Å². The number of carbonyl (C=O) groups excluding carboxylic acids is 1. The van der Waals surface area contributed by atoms with Crippen LogP contribution in [0, 0.1) is 0 Å². The van der Waals surface area contributed by atoms with Gasteiger partial charge in [0.05, 0.1) is 14.2 Å². The summed E-state index contributed by atoms with van der Waals surface area (Å²) in [7, 11) is 3.21. The third-order valence-corrected chi connectivity index (χ3v) is 4.79. The highest BCUT2D eigenvalue weighted by molar-refractivity contribution is 6.30. The van der Waals surface area contributed by atoms with Gasteiger partial charge >= 0.3 is 0 Å². The van der Waals surface area contributed by atoms with E-state index in [0.717, 1.165) is 29.4 Å². The first-order valence-electron chi connectivity index (χ1n) is 8.79. The third-order valence-electron chi connectivity index (χ3n) is 4.56. The van der Waals surface area contributed by atoms with Crippen LogP contribution >= 0.6 is 11.6 Å². The topological polar surface area (TPSA) is 42.0 Å². The molecule has 0 aliphatic carbocycles. The first-order valence-corrected chi connectivity index (χ1v) is 9.17. The predicted octanol–water partition coefficient (Wildman–Crippen LogP) is 3.72. The summed E-state index contributed by atoms with van der Waals surface area (Å²) in [5, 5.41) is 0.725. The maximum Gasteiger partial charge on any atom is 0.246 e. The first kappa shape index (κ1) is 19.1. The van der Waals surface area contributed by atoms with E-state index in [1.807, 2.05) is 41.3 Å². The minimum absolute atomic E-state index is 0.00234. The van der Waals surface area contributed by atoms with E-state index < -0.39 is 0 Å². The van der Waals surface area contributed by atoms with Crippen LogP contribution in [0.4, 0.5) is 5.69 Å². The van der Waals surface area contributed by atoms with Crippen molar-refractivity contribution in [3.63, 3.8) is 0 Å². The van der Waals surface area contributed by atoms with Gasteiger partial charge in [0.2, 0.25) is 5.91 Å². The number of amides is 1. The fraction of sp³-hybridized carbons (Fsp3) is 0.286. The molecule has 1 aliphatic heterocycles. The number of hydrogen-bond donors (Lipinski definition) is 0. The van der Waals surface area contributed by atoms with Crippen molar-refractivity contribution in [3.05, 3.63) is 59.1 Å². The highest BCUT2D eigenvalue weighted by atomic mass is 35.5. The standard InChI is InChI=1S/C21H23ClN2O3/c1-26-19-12-16(13-20(15-19)27-2)6-7-21(25)24-10-8-23(9-11-24)18-5-3-4-17(22)14-18/h3-7,12-15H,8-11H2,1-2H3/b7-6+. The molecule has 1 heterocycles. The Hall–Kier alpha value is -2.66. The third kappa shape index (κ3) is 4.95. The summed E-state index contributed by atoms with van der Waals surface area (Å²) < 4.78 is 10.5. The lowest BCUT2D eigenvalue weighted by Gasteiger charge is -2.35. The van der Waals surface area contributed by atoms with E-state index in [0.29, 0.717) is 24.6 Å². The number of benzene rings is 2. The van der Waals surface area contributed by atoms with Gasteiger partial charge < -0.3 is 19.3 Å². The lowest BCUT2D eigenvalue weighted by molar-refractivity contribution is -0.126. The molecule has 0 N–H and O–H groups in total. The summed E-state index contributed by atoms with van der Waals surface area (Å²) in [5.41, 5.74) is 1.95. The zero-order valence-electron chi connectivity index (χ0n) is 15.5. The molecule has 0 spiro atoms. The SMILES string of the molecule is COc1cc(/C=C/C(=O)N2CCN(c3cccc(Cl)c3)CC2)cc(OC)c1. The number of carbonyl (C=O) groups is 1. The van der Waals surface area contributed by atoms with E-state index in [2.05, 4.69) is 4.90 Å². The van der Waals surface area contributed by atoms with Crippen molar-refractivity contribution in [2.75, 3.05) is 45.3 Å². The summed E-state index contributed by atoms with van der Waals surface area (Å²) in [6.07, 6.45) is 3.39. The monoisotopic (exact) mass is 386 g/mol. The molecule has 1 amide bonds. The Morgan fingerprint density at radius 2 is 1.67 bits per heavy atom. The van der Waals surface area contributed by atoms with Gasteiger partial charge in [-0.25, -0.2) is 0 Å². The van der Waals surface area contributed by atoms with Crippen molar-refractivity contribution in [3.8, 4) is 11.5 Å². The minimum atomic E-state index is 0.00234. The van der Waals surface area contributed by atoms with Gasteiger partial charge in [0, 0.05) is 49.0 Å². The van der Waals surface area contributed by atoms with Crippen LogP contribution < -0.4 is 14.4 Å². The molecule has 0 bridgehead atoms. The Labute approximate surface area is 164 Å². The van der Waals surface area contributed by atoms with Gasteiger partial charge in [-0.15, -0.1) is 0 Å². The molecule has 1 fully saturated rings. The molecule has 2 aromatic rings. The smallest absolute Gasteiger partial charge is 0.246 e. The Kier molecular flexibility index (Phi) is 6.24. The average Bonchev–Trinajstić information content (AvgIpc) is 2.71. The van der Waals surface area contributed by atoms with Crippen LogP contribution in [0.25, 0.3) is 6.08 Å². The molecular formula is C21H23ClN2O3. The quantitative estimate of drug-likeness (QED) is 0.734. The lowest BCUT2D eigenvalue weighted by Crippen LogP contribution is -2.48. The zero-order chi connectivity index (χ0) is 19.2. The summed E-state index contributed by atoms with van der Waals surface area (Å²) in [6, 6.07) is 13.3. The van der Waals surface area contributed by atoms with Gasteiger partial charge in [0.15, 0.2) is 0 Å². The molecule has 0 unspecified atom stereocenters. The molecule has 6 heteroatoms. The number of halogens is 1. The normalized spacial score (nSPS) is 14.5. The number of piperazine rings is 1. The van der Waals surface area contributed by atoms with E-state index in [1.165, 1.54) is 0 Å². The average molecular weight is 387 g/mol. The van der Waals surface area contributed by atoms with E-state index in [-0.39, 0.29) is 5.91 Å². The molecule has 142 valence electrons. The highest BCUT2D eigenvalue weighted by Gasteiger charge is 2.19. The molecular weight excluding hydrogens is 364 g/mol. The van der Waals surface area contributed by atoms with Gasteiger partial charge in [-0.05, 0) is 42.0 Å². The highest BCUT2D eigenvalue weighted by Crippen LogP contribution is 2.24. The number of nitrogens with zero attached hydrogens (tertiary/aromatic N) is 2. The number of ether oxygens (including phenoxy) is 2. The van der Waals surface area contributed by atoms with Crippen molar-refractivity contribution in [1.82, 2.24) is 4.90 Å². The Morgan fingerprint density at radius 1 is 1.00 bits per heavy atom. The van der Waals surface area contributed by atoms with E-state index >= 15 is 0 Å². The van der Waals surface area contributed by atoms with Crippen LogP contribution in [0.3, 0.4) is 0 Å². The summed E-state index contributed by atoms with van der Waals surface area (Å²) in [6.45, 7) is 2.92.